The lowest BCUT2D eigenvalue weighted by atomic mass is 9.87. The van der Waals surface area contributed by atoms with Crippen LogP contribution in [0.1, 0.15) is 52.9 Å². The smallest absolute Gasteiger partial charge is 0.249 e. The van der Waals surface area contributed by atoms with E-state index in [-0.39, 0.29) is 5.91 Å². The SMILES string of the molecule is CCc1c(NC2CCCc3ccccc32)cccc1C(N)=O. The lowest BCUT2D eigenvalue weighted by Crippen LogP contribution is -2.20. The number of hydrogen-bond donors (Lipinski definition) is 2. The first-order valence-electron chi connectivity index (χ1n) is 7.96. The third kappa shape index (κ3) is 2.71. The molecule has 114 valence electrons. The van der Waals surface area contributed by atoms with Gasteiger partial charge in [-0.05, 0) is 54.5 Å². The number of aryl methyl sites for hydroxylation is 1. The van der Waals surface area contributed by atoms with E-state index in [0.29, 0.717) is 11.6 Å². The van der Waals surface area contributed by atoms with E-state index >= 15 is 0 Å². The molecule has 0 heterocycles. The molecule has 0 saturated heterocycles. The molecule has 0 aliphatic heterocycles. The molecule has 3 heteroatoms. The zero-order chi connectivity index (χ0) is 15.5. The second kappa shape index (κ2) is 6.22. The Labute approximate surface area is 131 Å². The number of nitrogens with two attached hydrogens (primary N) is 1. The van der Waals surface area contributed by atoms with Crippen molar-refractivity contribution >= 4 is 11.6 Å². The Kier molecular flexibility index (Phi) is 4.14. The summed E-state index contributed by atoms with van der Waals surface area (Å²) in [5.41, 5.74) is 11.0. The predicted molar refractivity (Wildman–Crippen MR) is 90.1 cm³/mol. The molecular formula is C19H22N2O. The third-order valence-corrected chi connectivity index (χ3v) is 4.49. The fraction of sp³-hybridized carbons (Fsp3) is 0.316. The van der Waals surface area contributed by atoms with Crippen molar-refractivity contribution in [2.75, 3.05) is 5.32 Å². The lowest BCUT2D eigenvalue weighted by molar-refractivity contribution is 0.0999. The molecule has 3 nitrogen and oxygen atoms in total. The average Bonchev–Trinajstić information content (AvgIpc) is 2.55. The molecule has 1 aliphatic carbocycles. The van der Waals surface area contributed by atoms with E-state index < -0.39 is 0 Å². The Bertz CT molecular complexity index is 694. The van der Waals surface area contributed by atoms with Gasteiger partial charge in [0, 0.05) is 11.3 Å². The molecule has 22 heavy (non-hydrogen) atoms. The van der Waals surface area contributed by atoms with Crippen LogP contribution in [0.15, 0.2) is 42.5 Å². The van der Waals surface area contributed by atoms with Crippen molar-refractivity contribution in [3.8, 4) is 0 Å². The molecule has 3 rings (SSSR count). The standard InChI is InChI=1S/C19H22N2O/c1-2-14-16(19(20)22)10-6-12-17(14)21-18-11-5-8-13-7-3-4-9-15(13)18/h3-4,6-7,9-10,12,18,21H,2,5,8,11H2,1H3,(H2,20,22). The van der Waals surface area contributed by atoms with Gasteiger partial charge in [0.25, 0.3) is 0 Å². The first-order valence-corrected chi connectivity index (χ1v) is 7.96. The lowest BCUT2D eigenvalue weighted by Gasteiger charge is -2.28. The van der Waals surface area contributed by atoms with E-state index in [1.54, 1.807) is 6.07 Å². The normalized spacial score (nSPS) is 16.9. The van der Waals surface area contributed by atoms with Crippen LogP contribution in [0.25, 0.3) is 0 Å². The van der Waals surface area contributed by atoms with E-state index in [1.807, 2.05) is 12.1 Å². The third-order valence-electron chi connectivity index (χ3n) is 4.49. The molecule has 0 fully saturated rings. The molecule has 0 saturated carbocycles. The summed E-state index contributed by atoms with van der Waals surface area (Å²) in [6.07, 6.45) is 4.23. The van der Waals surface area contributed by atoms with Crippen molar-refractivity contribution in [3.63, 3.8) is 0 Å². The van der Waals surface area contributed by atoms with Crippen molar-refractivity contribution in [2.45, 2.75) is 38.6 Å². The van der Waals surface area contributed by atoms with E-state index in [4.69, 9.17) is 5.73 Å². The summed E-state index contributed by atoms with van der Waals surface area (Å²) in [5, 5.41) is 3.64. The van der Waals surface area contributed by atoms with Crippen molar-refractivity contribution in [1.82, 2.24) is 0 Å². The molecule has 0 bridgehead atoms. The maximum Gasteiger partial charge on any atom is 0.249 e. The maximum atomic E-state index is 11.6. The Hall–Kier alpha value is -2.29. The van der Waals surface area contributed by atoms with Crippen LogP contribution in [0.4, 0.5) is 5.69 Å². The van der Waals surface area contributed by atoms with E-state index in [9.17, 15) is 4.79 Å². The Balaban J connectivity index is 1.95. The fourth-order valence-electron chi connectivity index (χ4n) is 3.43. The highest BCUT2D eigenvalue weighted by molar-refractivity contribution is 5.95. The van der Waals surface area contributed by atoms with E-state index in [2.05, 4.69) is 36.5 Å². The first kappa shape index (κ1) is 14.6. The summed E-state index contributed by atoms with van der Waals surface area (Å²) in [6.45, 7) is 2.06. The molecule has 1 aliphatic rings. The summed E-state index contributed by atoms with van der Waals surface area (Å²) in [5.74, 6) is -0.357. The molecule has 1 amide bonds. The van der Waals surface area contributed by atoms with Gasteiger partial charge in [-0.15, -0.1) is 0 Å². The summed E-state index contributed by atoms with van der Waals surface area (Å²) < 4.78 is 0. The molecule has 1 unspecified atom stereocenters. The molecule has 2 aromatic rings. The molecule has 1 atom stereocenters. The number of anilines is 1. The zero-order valence-corrected chi connectivity index (χ0v) is 12.9. The zero-order valence-electron chi connectivity index (χ0n) is 12.9. The summed E-state index contributed by atoms with van der Waals surface area (Å²) in [7, 11) is 0. The molecule has 0 radical (unpaired) electrons. The van der Waals surface area contributed by atoms with Gasteiger partial charge in [-0.3, -0.25) is 4.79 Å². The van der Waals surface area contributed by atoms with Crippen molar-refractivity contribution in [2.24, 2.45) is 5.73 Å². The van der Waals surface area contributed by atoms with Gasteiger partial charge in [-0.2, -0.15) is 0 Å². The van der Waals surface area contributed by atoms with Gasteiger partial charge < -0.3 is 11.1 Å². The minimum Gasteiger partial charge on any atom is -0.378 e. The highest BCUT2D eigenvalue weighted by Crippen LogP contribution is 2.34. The summed E-state index contributed by atoms with van der Waals surface area (Å²) in [6, 6.07) is 14.7. The quantitative estimate of drug-likeness (QED) is 0.900. The van der Waals surface area contributed by atoms with Crippen molar-refractivity contribution in [1.29, 1.82) is 0 Å². The predicted octanol–water partition coefficient (Wildman–Crippen LogP) is 3.84. The topological polar surface area (TPSA) is 55.1 Å². The number of rotatable bonds is 4. The van der Waals surface area contributed by atoms with Crippen molar-refractivity contribution in [3.05, 3.63) is 64.7 Å². The number of nitrogens with one attached hydrogen (secondary N) is 1. The Morgan fingerprint density at radius 2 is 2.05 bits per heavy atom. The van der Waals surface area contributed by atoms with Gasteiger partial charge in [-0.1, -0.05) is 37.3 Å². The van der Waals surface area contributed by atoms with Gasteiger partial charge in [0.1, 0.15) is 0 Å². The summed E-state index contributed by atoms with van der Waals surface area (Å²) >= 11 is 0. The molecule has 0 aromatic heterocycles. The minimum atomic E-state index is -0.357. The molecular weight excluding hydrogens is 272 g/mol. The largest absolute Gasteiger partial charge is 0.378 e. The van der Waals surface area contributed by atoms with Gasteiger partial charge in [-0.25, -0.2) is 0 Å². The second-order valence-electron chi connectivity index (χ2n) is 5.84. The number of fused-ring (bicyclic) bond motifs is 1. The highest BCUT2D eigenvalue weighted by atomic mass is 16.1. The summed E-state index contributed by atoms with van der Waals surface area (Å²) in [4.78, 5) is 11.6. The highest BCUT2D eigenvalue weighted by Gasteiger charge is 2.21. The van der Waals surface area contributed by atoms with Gasteiger partial charge in [0.15, 0.2) is 0 Å². The number of primary amides is 1. The number of amides is 1. The van der Waals surface area contributed by atoms with Crippen LogP contribution in [-0.4, -0.2) is 5.91 Å². The van der Waals surface area contributed by atoms with Gasteiger partial charge in [0.05, 0.1) is 6.04 Å². The molecule has 0 spiro atoms. The van der Waals surface area contributed by atoms with Crippen LogP contribution >= 0.6 is 0 Å². The number of carbonyl (C=O) groups is 1. The minimum absolute atomic E-state index is 0.304. The molecule has 3 N–H and O–H groups in total. The van der Waals surface area contributed by atoms with Crippen LogP contribution in [0.5, 0.6) is 0 Å². The maximum absolute atomic E-state index is 11.6. The van der Waals surface area contributed by atoms with Crippen LogP contribution in [-0.2, 0) is 12.8 Å². The van der Waals surface area contributed by atoms with Crippen LogP contribution in [0.2, 0.25) is 0 Å². The Morgan fingerprint density at radius 3 is 2.82 bits per heavy atom. The van der Waals surface area contributed by atoms with Gasteiger partial charge in [0.2, 0.25) is 5.91 Å². The second-order valence-corrected chi connectivity index (χ2v) is 5.84. The average molecular weight is 294 g/mol. The number of carbonyl (C=O) groups excluding carboxylic acids is 1. The van der Waals surface area contributed by atoms with Crippen LogP contribution in [0, 0.1) is 0 Å². The fourth-order valence-corrected chi connectivity index (χ4v) is 3.43. The number of hydrogen-bond acceptors (Lipinski definition) is 2. The first-order chi connectivity index (χ1) is 10.7. The Morgan fingerprint density at radius 1 is 1.23 bits per heavy atom. The van der Waals surface area contributed by atoms with Gasteiger partial charge >= 0.3 is 0 Å². The van der Waals surface area contributed by atoms with Crippen molar-refractivity contribution < 1.29 is 4.79 Å². The van der Waals surface area contributed by atoms with E-state index in [0.717, 1.165) is 30.5 Å². The van der Waals surface area contributed by atoms with E-state index in [1.165, 1.54) is 17.5 Å². The van der Waals surface area contributed by atoms with Crippen LogP contribution in [0.3, 0.4) is 0 Å². The number of benzene rings is 2. The monoisotopic (exact) mass is 294 g/mol. The molecule has 2 aromatic carbocycles. The van der Waals surface area contributed by atoms with Crippen LogP contribution < -0.4 is 11.1 Å².